The second-order valence-corrected chi connectivity index (χ2v) is 9.51. The Kier molecular flexibility index (Phi) is 5.74. The molecule has 0 saturated heterocycles. The molecule has 4 rings (SSSR count). The molecule has 154 valence electrons. The number of nitrogens with one attached hydrogen (secondary N) is 1. The molecule has 0 spiro atoms. The molecule has 7 nitrogen and oxygen atoms in total. The average Bonchev–Trinajstić information content (AvgIpc) is 3.46. The van der Waals surface area contributed by atoms with E-state index in [0.29, 0.717) is 11.0 Å². The topological polar surface area (TPSA) is 85.8 Å². The van der Waals surface area contributed by atoms with Crippen molar-refractivity contribution < 1.29 is 9.32 Å². The highest BCUT2D eigenvalue weighted by atomic mass is 32.2. The minimum Gasteiger partial charge on any atom is -0.338 e. The summed E-state index contributed by atoms with van der Waals surface area (Å²) < 4.78 is 7.21. The molecule has 0 radical (unpaired) electrons. The zero-order valence-corrected chi connectivity index (χ0v) is 18.5. The lowest BCUT2D eigenvalue weighted by Crippen LogP contribution is -2.14. The van der Waals surface area contributed by atoms with Crippen LogP contribution in [0.15, 0.2) is 63.6 Å². The van der Waals surface area contributed by atoms with Crippen molar-refractivity contribution in [3.05, 3.63) is 59.6 Å². The Bertz CT molecular complexity index is 1130. The highest BCUT2D eigenvalue weighted by Gasteiger charge is 2.21. The van der Waals surface area contributed by atoms with E-state index in [1.165, 1.54) is 11.8 Å². The first kappa shape index (κ1) is 20.4. The summed E-state index contributed by atoms with van der Waals surface area (Å²) >= 11 is 2.92. The molecule has 1 aromatic carbocycles. The van der Waals surface area contributed by atoms with Crippen molar-refractivity contribution in [1.82, 2.24) is 19.9 Å². The summed E-state index contributed by atoms with van der Waals surface area (Å²) in [5.41, 5.74) is 1.58. The molecule has 1 N–H and O–H groups in total. The van der Waals surface area contributed by atoms with Crippen molar-refractivity contribution >= 4 is 34.9 Å². The standard InChI is InChI=1S/C21H21N5O2S2/c1-21(2,3)16-12-18(28-25-16)22-17(27)13-30-20-24-23-19(15-10-7-11-29-15)26(20)14-8-5-4-6-9-14/h4-12H,13H2,1-3H3,(H,22,27). The number of amides is 1. The summed E-state index contributed by atoms with van der Waals surface area (Å²) in [7, 11) is 0. The zero-order valence-electron chi connectivity index (χ0n) is 16.8. The number of rotatable bonds is 6. The van der Waals surface area contributed by atoms with E-state index in [4.69, 9.17) is 4.52 Å². The quantitative estimate of drug-likeness (QED) is 0.425. The van der Waals surface area contributed by atoms with Gasteiger partial charge in [0.1, 0.15) is 0 Å². The molecule has 0 aliphatic heterocycles. The number of nitrogens with zero attached hydrogens (tertiary/aromatic N) is 4. The van der Waals surface area contributed by atoms with Crippen LogP contribution in [-0.4, -0.2) is 31.6 Å². The Balaban J connectivity index is 1.51. The first-order valence-corrected chi connectivity index (χ1v) is 11.2. The summed E-state index contributed by atoms with van der Waals surface area (Å²) in [4.78, 5) is 13.5. The number of hydrogen-bond acceptors (Lipinski definition) is 7. The molecule has 1 amide bonds. The molecule has 0 unspecified atom stereocenters. The van der Waals surface area contributed by atoms with Gasteiger partial charge in [-0.2, -0.15) is 0 Å². The van der Waals surface area contributed by atoms with Crippen molar-refractivity contribution in [2.45, 2.75) is 31.3 Å². The molecule has 0 bridgehead atoms. The van der Waals surface area contributed by atoms with Crippen molar-refractivity contribution in [3.8, 4) is 16.4 Å². The van der Waals surface area contributed by atoms with E-state index in [2.05, 4.69) is 20.7 Å². The third-order valence-electron chi connectivity index (χ3n) is 4.26. The fourth-order valence-electron chi connectivity index (χ4n) is 2.73. The molecule has 3 heterocycles. The van der Waals surface area contributed by atoms with Crippen molar-refractivity contribution in [1.29, 1.82) is 0 Å². The maximum absolute atomic E-state index is 12.5. The maximum atomic E-state index is 12.5. The average molecular weight is 440 g/mol. The van der Waals surface area contributed by atoms with Gasteiger partial charge in [-0.1, -0.05) is 62.0 Å². The largest absolute Gasteiger partial charge is 0.338 e. The number of benzene rings is 1. The van der Waals surface area contributed by atoms with E-state index in [0.717, 1.165) is 22.1 Å². The van der Waals surface area contributed by atoms with Crippen LogP contribution < -0.4 is 5.32 Å². The Morgan fingerprint density at radius 1 is 1.17 bits per heavy atom. The third-order valence-corrected chi connectivity index (χ3v) is 6.06. The second-order valence-electron chi connectivity index (χ2n) is 7.62. The highest BCUT2D eigenvalue weighted by molar-refractivity contribution is 7.99. The third kappa shape index (κ3) is 4.47. The van der Waals surface area contributed by atoms with Gasteiger partial charge in [0.2, 0.25) is 11.8 Å². The number of hydrogen-bond donors (Lipinski definition) is 1. The molecule has 4 aromatic rings. The highest BCUT2D eigenvalue weighted by Crippen LogP contribution is 2.30. The van der Waals surface area contributed by atoms with Crippen LogP contribution in [-0.2, 0) is 10.2 Å². The van der Waals surface area contributed by atoms with Crippen LogP contribution in [0.3, 0.4) is 0 Å². The lowest BCUT2D eigenvalue weighted by molar-refractivity contribution is -0.113. The molecule has 0 aliphatic rings. The van der Waals surface area contributed by atoms with Gasteiger partial charge in [0.25, 0.3) is 0 Å². The van der Waals surface area contributed by atoms with Crippen molar-refractivity contribution in [2.24, 2.45) is 0 Å². The van der Waals surface area contributed by atoms with E-state index < -0.39 is 0 Å². The van der Waals surface area contributed by atoms with Crippen LogP contribution in [0, 0.1) is 0 Å². The molecule has 30 heavy (non-hydrogen) atoms. The van der Waals surface area contributed by atoms with Gasteiger partial charge in [-0.05, 0) is 23.6 Å². The lowest BCUT2D eigenvalue weighted by atomic mass is 9.92. The summed E-state index contributed by atoms with van der Waals surface area (Å²) in [6.07, 6.45) is 0. The number of aromatic nitrogens is 4. The number of anilines is 1. The minimum atomic E-state index is -0.197. The van der Waals surface area contributed by atoms with E-state index in [1.54, 1.807) is 17.4 Å². The monoisotopic (exact) mass is 439 g/mol. The van der Waals surface area contributed by atoms with Gasteiger partial charge < -0.3 is 4.52 Å². The number of thiophene rings is 1. The lowest BCUT2D eigenvalue weighted by Gasteiger charge is -2.12. The predicted octanol–water partition coefficient (Wildman–Crippen LogP) is 5.01. The Labute approximate surface area is 182 Å². The van der Waals surface area contributed by atoms with E-state index >= 15 is 0 Å². The van der Waals surface area contributed by atoms with Crippen LogP contribution in [0.2, 0.25) is 0 Å². The van der Waals surface area contributed by atoms with Crippen LogP contribution in [0.25, 0.3) is 16.4 Å². The Hall–Kier alpha value is -2.91. The zero-order chi connectivity index (χ0) is 21.1. The predicted molar refractivity (Wildman–Crippen MR) is 119 cm³/mol. The number of carbonyl (C=O) groups is 1. The van der Waals surface area contributed by atoms with Crippen LogP contribution >= 0.6 is 23.1 Å². The molecule has 0 atom stereocenters. The van der Waals surface area contributed by atoms with Gasteiger partial charge in [0.05, 0.1) is 16.3 Å². The van der Waals surface area contributed by atoms with E-state index in [-0.39, 0.29) is 17.1 Å². The summed E-state index contributed by atoms with van der Waals surface area (Å²) in [5, 5.41) is 18.1. The molecule has 3 aromatic heterocycles. The number of thioether (sulfide) groups is 1. The molecular weight excluding hydrogens is 418 g/mol. The van der Waals surface area contributed by atoms with Crippen molar-refractivity contribution in [2.75, 3.05) is 11.1 Å². The van der Waals surface area contributed by atoms with Crippen LogP contribution in [0.4, 0.5) is 5.88 Å². The first-order valence-electron chi connectivity index (χ1n) is 9.36. The van der Waals surface area contributed by atoms with Crippen LogP contribution in [0.5, 0.6) is 0 Å². The fraction of sp³-hybridized carbons (Fsp3) is 0.238. The summed E-state index contributed by atoms with van der Waals surface area (Å²) in [5.74, 6) is 1.07. The van der Waals surface area contributed by atoms with Crippen LogP contribution in [0.1, 0.15) is 26.5 Å². The molecule has 0 fully saturated rings. The molecule has 9 heteroatoms. The fourth-order valence-corrected chi connectivity index (χ4v) is 4.18. The summed E-state index contributed by atoms with van der Waals surface area (Å²) in [6.45, 7) is 6.11. The van der Waals surface area contributed by atoms with Gasteiger partial charge >= 0.3 is 0 Å². The van der Waals surface area contributed by atoms with Gasteiger partial charge in [-0.25, -0.2) is 0 Å². The maximum Gasteiger partial charge on any atom is 0.237 e. The second kappa shape index (κ2) is 8.45. The number of carbonyl (C=O) groups excluding carboxylic acids is 1. The Morgan fingerprint density at radius 3 is 2.63 bits per heavy atom. The Morgan fingerprint density at radius 2 is 1.97 bits per heavy atom. The molecular formula is C21H21N5O2S2. The van der Waals surface area contributed by atoms with Gasteiger partial charge in [0.15, 0.2) is 11.0 Å². The SMILES string of the molecule is CC(C)(C)c1cc(NC(=O)CSc2nnc(-c3cccs3)n2-c2ccccc2)on1. The smallest absolute Gasteiger partial charge is 0.237 e. The number of para-hydroxylation sites is 1. The first-order chi connectivity index (χ1) is 14.4. The summed E-state index contributed by atoms with van der Waals surface area (Å²) in [6, 6.07) is 15.6. The van der Waals surface area contributed by atoms with Gasteiger partial charge in [-0.15, -0.1) is 21.5 Å². The van der Waals surface area contributed by atoms with Gasteiger partial charge in [0, 0.05) is 17.2 Å². The van der Waals surface area contributed by atoms with E-state index in [1.807, 2.05) is 73.2 Å². The molecule has 0 saturated carbocycles. The molecule has 0 aliphatic carbocycles. The van der Waals surface area contributed by atoms with Crippen molar-refractivity contribution in [3.63, 3.8) is 0 Å². The normalized spacial score (nSPS) is 11.6. The van der Waals surface area contributed by atoms with E-state index in [9.17, 15) is 4.79 Å². The van der Waals surface area contributed by atoms with Gasteiger partial charge in [-0.3, -0.25) is 14.7 Å². The minimum absolute atomic E-state index is 0.147.